The summed E-state index contributed by atoms with van der Waals surface area (Å²) in [4.78, 5) is 37.1. The molecule has 8 heteroatoms. The third-order valence-corrected chi connectivity index (χ3v) is 4.99. The number of benzene rings is 3. The van der Waals surface area contributed by atoms with Crippen molar-refractivity contribution in [3.63, 3.8) is 0 Å². The van der Waals surface area contributed by atoms with Gasteiger partial charge in [0.15, 0.2) is 12.4 Å². The van der Waals surface area contributed by atoms with Gasteiger partial charge in [-0.1, -0.05) is 53.6 Å². The minimum atomic E-state index is -0.720. The molecule has 1 N–H and O–H groups in total. The van der Waals surface area contributed by atoms with E-state index in [4.69, 9.17) is 9.15 Å². The molecular weight excluding hydrogens is 410 g/mol. The Morgan fingerprint density at radius 1 is 0.844 bits per heavy atom. The molecule has 0 atom stereocenters. The van der Waals surface area contributed by atoms with Gasteiger partial charge in [-0.25, -0.2) is 4.79 Å². The van der Waals surface area contributed by atoms with Crippen molar-refractivity contribution in [2.24, 2.45) is 0 Å². The smallest absolute Gasteiger partial charge is 0.338 e. The largest absolute Gasteiger partial charge is 0.452 e. The van der Waals surface area contributed by atoms with E-state index in [1.807, 2.05) is 30.3 Å². The molecule has 156 valence electrons. The molecule has 0 unspecified atom stereocenters. The Hall–Kier alpha value is -4.59. The topological polar surface area (TPSA) is 111 Å². The molecule has 1 aliphatic rings. The molecule has 32 heavy (non-hydrogen) atoms. The number of fused-ring (bicyclic) bond motifs is 3. The van der Waals surface area contributed by atoms with Gasteiger partial charge in [0, 0.05) is 16.7 Å². The molecule has 8 nitrogen and oxygen atoms in total. The Labute approximate surface area is 181 Å². The van der Waals surface area contributed by atoms with Crippen LogP contribution in [0, 0.1) is 0 Å². The third kappa shape index (κ3) is 3.54. The average molecular weight is 425 g/mol. The zero-order valence-electron chi connectivity index (χ0n) is 16.6. The number of ether oxygens (including phenoxy) is 1. The fraction of sp³-hybridized carbons (Fsp3) is 0.0417. The number of nitrogens with zero attached hydrogens (tertiary/aromatic N) is 2. The molecule has 1 heterocycles. The van der Waals surface area contributed by atoms with E-state index in [2.05, 4.69) is 15.5 Å². The number of nitrogens with one attached hydrogen (secondary N) is 1. The van der Waals surface area contributed by atoms with Crippen molar-refractivity contribution in [2.45, 2.75) is 0 Å². The van der Waals surface area contributed by atoms with Crippen LogP contribution in [0.2, 0.25) is 0 Å². The number of ketones is 1. The summed E-state index contributed by atoms with van der Waals surface area (Å²) in [6.45, 7) is -0.548. The second-order valence-corrected chi connectivity index (χ2v) is 7.04. The molecular formula is C24H15N3O5. The maximum Gasteiger partial charge on any atom is 0.338 e. The summed E-state index contributed by atoms with van der Waals surface area (Å²) in [6, 6.07) is 21.0. The highest BCUT2D eigenvalue weighted by molar-refractivity contribution is 6.22. The number of hydrogen-bond acceptors (Lipinski definition) is 7. The normalized spacial score (nSPS) is 11.6. The fourth-order valence-electron chi connectivity index (χ4n) is 3.50. The fourth-order valence-corrected chi connectivity index (χ4v) is 3.50. The Balaban J connectivity index is 1.22. The molecule has 3 aromatic carbocycles. The van der Waals surface area contributed by atoms with E-state index in [9.17, 15) is 14.4 Å². The highest BCUT2D eigenvalue weighted by Gasteiger charge is 2.27. The Morgan fingerprint density at radius 2 is 1.56 bits per heavy atom. The van der Waals surface area contributed by atoms with Crippen LogP contribution in [0.4, 0.5) is 6.01 Å². The van der Waals surface area contributed by atoms with E-state index in [0.29, 0.717) is 16.7 Å². The van der Waals surface area contributed by atoms with Crippen LogP contribution < -0.4 is 5.32 Å². The van der Waals surface area contributed by atoms with Crippen molar-refractivity contribution in [1.82, 2.24) is 10.2 Å². The molecule has 1 amide bonds. The molecule has 1 aromatic heterocycles. The van der Waals surface area contributed by atoms with Gasteiger partial charge in [-0.05, 0) is 35.4 Å². The molecule has 4 aromatic rings. The molecule has 0 fully saturated rings. The molecule has 0 bridgehead atoms. The molecule has 0 saturated carbocycles. The van der Waals surface area contributed by atoms with E-state index in [1.165, 1.54) is 6.07 Å². The van der Waals surface area contributed by atoms with E-state index in [-0.39, 0.29) is 23.3 Å². The highest BCUT2D eigenvalue weighted by atomic mass is 16.5. The van der Waals surface area contributed by atoms with E-state index >= 15 is 0 Å². The monoisotopic (exact) mass is 425 g/mol. The lowest BCUT2D eigenvalue weighted by atomic mass is 10.0. The number of amides is 1. The first kappa shape index (κ1) is 19.4. The maximum absolute atomic E-state index is 12.6. The van der Waals surface area contributed by atoms with Crippen LogP contribution in [-0.4, -0.2) is 34.5 Å². The standard InChI is InChI=1S/C24H15N3O5/c28-20(25-24-27-26-22(32-24)14-6-2-1-3-7-14)13-31-23(30)15-10-11-17-16-8-4-5-9-18(16)21(29)19(17)12-15/h1-12H,13H2,(H,25,27,28). The van der Waals surface area contributed by atoms with Gasteiger partial charge in [0.25, 0.3) is 5.91 Å². The minimum Gasteiger partial charge on any atom is -0.452 e. The van der Waals surface area contributed by atoms with E-state index in [0.717, 1.165) is 11.1 Å². The number of anilines is 1. The lowest BCUT2D eigenvalue weighted by Gasteiger charge is -2.06. The zero-order valence-corrected chi connectivity index (χ0v) is 16.6. The van der Waals surface area contributed by atoms with Crippen LogP contribution in [-0.2, 0) is 9.53 Å². The van der Waals surface area contributed by atoms with Crippen molar-refractivity contribution in [3.05, 3.63) is 89.5 Å². The first-order valence-corrected chi connectivity index (χ1v) is 9.74. The minimum absolute atomic E-state index is 0.106. The molecule has 0 radical (unpaired) electrons. The van der Waals surface area contributed by atoms with Gasteiger partial charge in [0.2, 0.25) is 5.89 Å². The molecule has 1 aliphatic carbocycles. The van der Waals surface area contributed by atoms with Gasteiger partial charge in [0.05, 0.1) is 5.56 Å². The maximum atomic E-state index is 12.6. The Kier molecular flexibility index (Phi) is 4.79. The van der Waals surface area contributed by atoms with Crippen LogP contribution in [0.3, 0.4) is 0 Å². The third-order valence-electron chi connectivity index (χ3n) is 4.99. The van der Waals surface area contributed by atoms with Crippen LogP contribution in [0.15, 0.2) is 77.2 Å². The van der Waals surface area contributed by atoms with Crippen LogP contribution in [0.5, 0.6) is 0 Å². The SMILES string of the molecule is O=C(COC(=O)c1ccc2c(c1)C(=O)c1ccccc1-2)Nc1nnc(-c2ccccc2)o1. The van der Waals surface area contributed by atoms with Gasteiger partial charge in [-0.15, -0.1) is 5.10 Å². The zero-order chi connectivity index (χ0) is 22.1. The van der Waals surface area contributed by atoms with Crippen LogP contribution >= 0.6 is 0 Å². The number of rotatable bonds is 5. The summed E-state index contributed by atoms with van der Waals surface area (Å²) < 4.78 is 10.5. The van der Waals surface area contributed by atoms with Crippen molar-refractivity contribution < 1.29 is 23.5 Å². The quantitative estimate of drug-likeness (QED) is 0.427. The first-order valence-electron chi connectivity index (χ1n) is 9.74. The lowest BCUT2D eigenvalue weighted by Crippen LogP contribution is -2.21. The summed E-state index contributed by atoms with van der Waals surface area (Å²) in [5.74, 6) is -1.25. The number of esters is 1. The summed E-state index contributed by atoms with van der Waals surface area (Å²) in [6.07, 6.45) is 0. The second kappa shape index (κ2) is 7.92. The predicted molar refractivity (Wildman–Crippen MR) is 114 cm³/mol. The summed E-state index contributed by atoms with van der Waals surface area (Å²) >= 11 is 0. The predicted octanol–water partition coefficient (Wildman–Crippen LogP) is 3.74. The van der Waals surface area contributed by atoms with Gasteiger partial charge in [-0.2, -0.15) is 0 Å². The molecule has 5 rings (SSSR count). The highest BCUT2D eigenvalue weighted by Crippen LogP contribution is 2.36. The number of carbonyl (C=O) groups is 3. The van der Waals surface area contributed by atoms with E-state index in [1.54, 1.807) is 36.4 Å². The van der Waals surface area contributed by atoms with Crippen LogP contribution in [0.25, 0.3) is 22.6 Å². The lowest BCUT2D eigenvalue weighted by molar-refractivity contribution is -0.119. The van der Waals surface area contributed by atoms with Crippen molar-refractivity contribution in [1.29, 1.82) is 0 Å². The Morgan fingerprint density at radius 3 is 2.38 bits per heavy atom. The molecule has 0 saturated heterocycles. The van der Waals surface area contributed by atoms with Gasteiger partial charge >= 0.3 is 12.0 Å². The van der Waals surface area contributed by atoms with Crippen molar-refractivity contribution in [2.75, 3.05) is 11.9 Å². The summed E-state index contributed by atoms with van der Waals surface area (Å²) in [7, 11) is 0. The van der Waals surface area contributed by atoms with E-state index < -0.39 is 18.5 Å². The summed E-state index contributed by atoms with van der Waals surface area (Å²) in [5, 5.41) is 10.0. The summed E-state index contributed by atoms with van der Waals surface area (Å²) in [5.41, 5.74) is 3.53. The van der Waals surface area contributed by atoms with Gasteiger partial charge in [0.1, 0.15) is 0 Å². The van der Waals surface area contributed by atoms with Crippen molar-refractivity contribution in [3.8, 4) is 22.6 Å². The Bertz CT molecular complexity index is 1360. The average Bonchev–Trinajstić information content (AvgIpc) is 3.41. The number of aromatic nitrogens is 2. The van der Waals surface area contributed by atoms with Crippen molar-refractivity contribution >= 4 is 23.7 Å². The first-order chi connectivity index (χ1) is 15.6. The van der Waals surface area contributed by atoms with Crippen LogP contribution in [0.1, 0.15) is 26.3 Å². The number of hydrogen-bond donors (Lipinski definition) is 1. The number of carbonyl (C=O) groups excluding carboxylic acids is 3. The molecule has 0 spiro atoms. The van der Waals surface area contributed by atoms with Gasteiger partial charge in [-0.3, -0.25) is 14.9 Å². The molecule has 0 aliphatic heterocycles. The van der Waals surface area contributed by atoms with Gasteiger partial charge < -0.3 is 9.15 Å². The second-order valence-electron chi connectivity index (χ2n) is 7.04.